The zero-order valence-electron chi connectivity index (χ0n) is 11.7. The Morgan fingerprint density at radius 1 is 1.24 bits per heavy atom. The minimum Gasteiger partial charge on any atom is -0.376 e. The fourth-order valence-electron chi connectivity index (χ4n) is 2.18. The number of anilines is 1. The first-order chi connectivity index (χ1) is 9.79. The fourth-order valence-corrected chi connectivity index (χ4v) is 3.20. The lowest BCUT2D eigenvalue weighted by atomic mass is 10.1. The molecule has 2 rings (SSSR count). The summed E-state index contributed by atoms with van der Waals surface area (Å²) in [6.07, 6.45) is 0. The summed E-state index contributed by atoms with van der Waals surface area (Å²) in [6.45, 7) is 5.75. The predicted molar refractivity (Wildman–Crippen MR) is 78.8 cm³/mol. The van der Waals surface area contributed by atoms with Crippen LogP contribution < -0.4 is 5.32 Å². The predicted octanol–water partition coefficient (Wildman–Crippen LogP) is 4.72. The van der Waals surface area contributed by atoms with Gasteiger partial charge in [0.05, 0.1) is 10.6 Å². The van der Waals surface area contributed by atoms with E-state index >= 15 is 0 Å². The quantitative estimate of drug-likeness (QED) is 0.656. The van der Waals surface area contributed by atoms with Crippen molar-refractivity contribution in [3.05, 3.63) is 55.3 Å². The van der Waals surface area contributed by atoms with E-state index in [4.69, 9.17) is 0 Å². The molecule has 0 radical (unpaired) electrons. The van der Waals surface area contributed by atoms with Gasteiger partial charge >= 0.3 is 5.69 Å². The lowest BCUT2D eigenvalue weighted by Gasteiger charge is -2.16. The van der Waals surface area contributed by atoms with E-state index in [1.807, 2.05) is 26.8 Å². The molecule has 1 aromatic heterocycles. The SMILES string of the molecule is Cc1cc(C(C)Nc2cc([N+](=O)[O-])c(F)cc2F)c(C)s1. The summed E-state index contributed by atoms with van der Waals surface area (Å²) in [5.41, 5.74) is 0.159. The summed E-state index contributed by atoms with van der Waals surface area (Å²) in [6, 6.07) is 3.15. The van der Waals surface area contributed by atoms with Gasteiger partial charge in [-0.3, -0.25) is 10.1 Å². The maximum absolute atomic E-state index is 13.8. The lowest BCUT2D eigenvalue weighted by Crippen LogP contribution is -2.09. The van der Waals surface area contributed by atoms with Crippen molar-refractivity contribution in [2.45, 2.75) is 26.8 Å². The molecule has 0 fully saturated rings. The van der Waals surface area contributed by atoms with Gasteiger partial charge in [-0.25, -0.2) is 4.39 Å². The average molecular weight is 312 g/mol. The van der Waals surface area contributed by atoms with Crippen molar-refractivity contribution in [1.29, 1.82) is 0 Å². The molecule has 4 nitrogen and oxygen atoms in total. The van der Waals surface area contributed by atoms with Gasteiger partial charge in [0.25, 0.3) is 0 Å². The highest BCUT2D eigenvalue weighted by molar-refractivity contribution is 7.12. The maximum Gasteiger partial charge on any atom is 0.307 e. The second kappa shape index (κ2) is 5.77. The zero-order valence-corrected chi connectivity index (χ0v) is 12.6. The second-order valence-electron chi connectivity index (χ2n) is 4.78. The minimum absolute atomic E-state index is 0.0844. The van der Waals surface area contributed by atoms with E-state index in [1.165, 1.54) is 0 Å². The van der Waals surface area contributed by atoms with Crippen LogP contribution in [0, 0.1) is 35.6 Å². The van der Waals surface area contributed by atoms with E-state index in [-0.39, 0.29) is 11.7 Å². The largest absolute Gasteiger partial charge is 0.376 e. The highest BCUT2D eigenvalue weighted by atomic mass is 32.1. The van der Waals surface area contributed by atoms with Crippen molar-refractivity contribution in [2.24, 2.45) is 0 Å². The van der Waals surface area contributed by atoms with Crippen molar-refractivity contribution < 1.29 is 13.7 Å². The average Bonchev–Trinajstić information content (AvgIpc) is 2.71. The van der Waals surface area contributed by atoms with E-state index in [2.05, 4.69) is 5.32 Å². The van der Waals surface area contributed by atoms with E-state index < -0.39 is 22.2 Å². The van der Waals surface area contributed by atoms with Crippen molar-refractivity contribution in [3.63, 3.8) is 0 Å². The van der Waals surface area contributed by atoms with Crippen molar-refractivity contribution in [3.8, 4) is 0 Å². The van der Waals surface area contributed by atoms with E-state index in [0.717, 1.165) is 21.4 Å². The monoisotopic (exact) mass is 312 g/mol. The summed E-state index contributed by atoms with van der Waals surface area (Å²) in [4.78, 5) is 12.1. The van der Waals surface area contributed by atoms with Crippen LogP contribution in [0.25, 0.3) is 0 Å². The van der Waals surface area contributed by atoms with Gasteiger partial charge in [0.2, 0.25) is 5.82 Å². The summed E-state index contributed by atoms with van der Waals surface area (Å²) in [7, 11) is 0. The van der Waals surface area contributed by atoms with Crippen LogP contribution in [0.2, 0.25) is 0 Å². The molecule has 1 atom stereocenters. The molecule has 2 aromatic rings. The number of hydrogen-bond acceptors (Lipinski definition) is 4. The number of nitrogens with one attached hydrogen (secondary N) is 1. The summed E-state index contributed by atoms with van der Waals surface area (Å²) in [5, 5.41) is 13.6. The molecule has 0 aliphatic heterocycles. The number of nitrogens with zero attached hydrogens (tertiary/aromatic N) is 1. The highest BCUT2D eigenvalue weighted by Gasteiger charge is 2.20. The molecule has 0 amide bonds. The van der Waals surface area contributed by atoms with Gasteiger partial charge in [-0.2, -0.15) is 4.39 Å². The third-order valence-corrected chi connectivity index (χ3v) is 4.13. The standard InChI is InChI=1S/C14H14F2N2O2S/c1-7-4-10(9(3)21-7)8(2)17-13-6-14(18(19)20)12(16)5-11(13)15/h4-6,8,17H,1-3H3. The third kappa shape index (κ3) is 3.18. The molecule has 7 heteroatoms. The van der Waals surface area contributed by atoms with Crippen LogP contribution in [0.4, 0.5) is 20.2 Å². The van der Waals surface area contributed by atoms with Crippen molar-refractivity contribution in [2.75, 3.05) is 5.32 Å². The number of hydrogen-bond donors (Lipinski definition) is 1. The van der Waals surface area contributed by atoms with Crippen LogP contribution >= 0.6 is 11.3 Å². The van der Waals surface area contributed by atoms with Crippen molar-refractivity contribution >= 4 is 22.7 Å². The molecule has 0 saturated carbocycles. The molecule has 1 heterocycles. The molecule has 0 aliphatic carbocycles. The Kier molecular flexibility index (Phi) is 4.22. The van der Waals surface area contributed by atoms with Crippen LogP contribution in [-0.4, -0.2) is 4.92 Å². The van der Waals surface area contributed by atoms with Gasteiger partial charge in [0.15, 0.2) is 0 Å². The number of halogens is 2. The molecule has 0 bridgehead atoms. The van der Waals surface area contributed by atoms with Crippen LogP contribution in [-0.2, 0) is 0 Å². The fraction of sp³-hybridized carbons (Fsp3) is 0.286. The maximum atomic E-state index is 13.8. The van der Waals surface area contributed by atoms with Crippen LogP contribution in [0.5, 0.6) is 0 Å². The minimum atomic E-state index is -1.18. The first-order valence-electron chi connectivity index (χ1n) is 6.26. The number of nitro benzene ring substituents is 1. The van der Waals surface area contributed by atoms with Gasteiger partial charge in [0.1, 0.15) is 5.82 Å². The molecular formula is C14H14F2N2O2S. The summed E-state index contributed by atoms with van der Waals surface area (Å²) >= 11 is 1.62. The topological polar surface area (TPSA) is 55.2 Å². The van der Waals surface area contributed by atoms with Gasteiger partial charge in [-0.05, 0) is 32.4 Å². The first kappa shape index (κ1) is 15.4. The van der Waals surface area contributed by atoms with Gasteiger partial charge in [-0.1, -0.05) is 0 Å². The molecule has 0 aliphatic rings. The summed E-state index contributed by atoms with van der Waals surface area (Å²) < 4.78 is 27.1. The molecule has 112 valence electrons. The van der Waals surface area contributed by atoms with E-state index in [0.29, 0.717) is 6.07 Å². The lowest BCUT2D eigenvalue weighted by molar-refractivity contribution is -0.387. The number of aryl methyl sites for hydroxylation is 2. The normalized spacial score (nSPS) is 12.2. The van der Waals surface area contributed by atoms with Gasteiger partial charge in [0, 0.05) is 27.9 Å². The molecule has 0 saturated heterocycles. The Morgan fingerprint density at radius 2 is 1.90 bits per heavy atom. The van der Waals surface area contributed by atoms with Crippen molar-refractivity contribution in [1.82, 2.24) is 0 Å². The third-order valence-electron chi connectivity index (χ3n) is 3.15. The number of nitro groups is 1. The molecule has 0 spiro atoms. The van der Waals surface area contributed by atoms with Gasteiger partial charge < -0.3 is 5.32 Å². The first-order valence-corrected chi connectivity index (χ1v) is 7.08. The van der Waals surface area contributed by atoms with E-state index in [1.54, 1.807) is 11.3 Å². The van der Waals surface area contributed by atoms with E-state index in [9.17, 15) is 18.9 Å². The summed E-state index contributed by atoms with van der Waals surface area (Å²) in [5.74, 6) is -2.03. The van der Waals surface area contributed by atoms with Crippen LogP contribution in [0.15, 0.2) is 18.2 Å². The number of benzene rings is 1. The molecule has 1 N–H and O–H groups in total. The second-order valence-corrected chi connectivity index (χ2v) is 6.24. The number of thiophene rings is 1. The Hall–Kier alpha value is -2.02. The molecule has 1 aromatic carbocycles. The molecule has 21 heavy (non-hydrogen) atoms. The Bertz CT molecular complexity index is 701. The molecular weight excluding hydrogens is 298 g/mol. The Balaban J connectivity index is 2.33. The highest BCUT2D eigenvalue weighted by Crippen LogP contribution is 2.31. The van der Waals surface area contributed by atoms with Crippen LogP contribution in [0.1, 0.15) is 28.3 Å². The molecule has 1 unspecified atom stereocenters. The zero-order chi connectivity index (χ0) is 15.7. The smallest absolute Gasteiger partial charge is 0.307 e. The Morgan fingerprint density at radius 3 is 2.43 bits per heavy atom. The Labute approximate surface area is 124 Å². The van der Waals surface area contributed by atoms with Gasteiger partial charge in [-0.15, -0.1) is 11.3 Å². The van der Waals surface area contributed by atoms with Crippen LogP contribution in [0.3, 0.4) is 0 Å². The number of rotatable bonds is 4.